The number of aliphatic carboxylic acids is 1. The van der Waals surface area contributed by atoms with Gasteiger partial charge < -0.3 is 10.4 Å². The van der Waals surface area contributed by atoms with Gasteiger partial charge in [0.05, 0.1) is 0 Å². The maximum absolute atomic E-state index is 10.6. The van der Waals surface area contributed by atoms with Crippen molar-refractivity contribution >= 4 is 22.6 Å². The van der Waals surface area contributed by atoms with Crippen LogP contribution < -0.4 is 5.32 Å². The highest BCUT2D eigenvalue weighted by atomic mass is 32.1. The molecule has 6 heteroatoms. The lowest BCUT2D eigenvalue weighted by Crippen LogP contribution is -2.18. The monoisotopic (exact) mass is 299 g/mol. The van der Waals surface area contributed by atoms with Gasteiger partial charge in [-0.05, 0) is 18.3 Å². The SMILES string of the molecule is CC(C)(CCNc1nc(C(C)(C)C)ns1)CCC(=O)O. The summed E-state index contributed by atoms with van der Waals surface area (Å²) in [6.45, 7) is 11.2. The van der Waals surface area contributed by atoms with Gasteiger partial charge in [0.15, 0.2) is 0 Å². The molecule has 2 N–H and O–H groups in total. The van der Waals surface area contributed by atoms with Gasteiger partial charge in [-0.3, -0.25) is 4.79 Å². The maximum Gasteiger partial charge on any atom is 0.303 e. The number of anilines is 1. The number of aromatic nitrogens is 2. The molecule has 0 spiro atoms. The van der Waals surface area contributed by atoms with E-state index >= 15 is 0 Å². The zero-order valence-corrected chi connectivity index (χ0v) is 13.8. The molecule has 1 aromatic rings. The van der Waals surface area contributed by atoms with Crippen molar-refractivity contribution < 1.29 is 9.90 Å². The summed E-state index contributed by atoms with van der Waals surface area (Å²) in [7, 11) is 0. The second kappa shape index (κ2) is 6.52. The van der Waals surface area contributed by atoms with Gasteiger partial charge in [0.2, 0.25) is 5.13 Å². The van der Waals surface area contributed by atoms with Crippen molar-refractivity contribution in [3.05, 3.63) is 5.82 Å². The van der Waals surface area contributed by atoms with E-state index in [1.807, 2.05) is 0 Å². The molecule has 0 bridgehead atoms. The summed E-state index contributed by atoms with van der Waals surface area (Å²) in [5.41, 5.74) is -0.0138. The highest BCUT2D eigenvalue weighted by molar-refractivity contribution is 7.09. The summed E-state index contributed by atoms with van der Waals surface area (Å²) in [5.74, 6) is 0.125. The number of carbonyl (C=O) groups is 1. The Bertz CT molecular complexity index is 450. The number of rotatable bonds is 7. The summed E-state index contributed by atoms with van der Waals surface area (Å²) in [6.07, 6.45) is 1.82. The average Bonchev–Trinajstić information content (AvgIpc) is 2.75. The first-order valence-corrected chi connectivity index (χ1v) is 7.67. The van der Waals surface area contributed by atoms with E-state index in [-0.39, 0.29) is 17.3 Å². The fourth-order valence-corrected chi connectivity index (χ4v) is 2.46. The minimum Gasteiger partial charge on any atom is -0.481 e. The first kappa shape index (κ1) is 16.9. The zero-order valence-electron chi connectivity index (χ0n) is 13.0. The van der Waals surface area contributed by atoms with Crippen molar-refractivity contribution in [2.24, 2.45) is 5.41 Å². The zero-order chi connectivity index (χ0) is 15.4. The second-order valence-corrected chi connectivity index (χ2v) is 7.66. The van der Waals surface area contributed by atoms with E-state index in [4.69, 9.17) is 5.11 Å². The number of carboxylic acid groups (broad SMARTS) is 1. The summed E-state index contributed by atoms with van der Waals surface area (Å²) >= 11 is 1.38. The average molecular weight is 299 g/mol. The molecular formula is C14H25N3O2S. The quantitative estimate of drug-likeness (QED) is 0.805. The minimum absolute atomic E-state index is 0.0168. The summed E-state index contributed by atoms with van der Waals surface area (Å²) in [6, 6.07) is 0. The molecular weight excluding hydrogens is 274 g/mol. The van der Waals surface area contributed by atoms with Gasteiger partial charge >= 0.3 is 5.97 Å². The van der Waals surface area contributed by atoms with E-state index in [2.05, 4.69) is 49.3 Å². The van der Waals surface area contributed by atoms with Crippen LogP contribution in [0.5, 0.6) is 0 Å². The molecule has 1 rings (SSSR count). The van der Waals surface area contributed by atoms with E-state index in [0.717, 1.165) is 23.9 Å². The lowest BCUT2D eigenvalue weighted by atomic mass is 9.84. The largest absolute Gasteiger partial charge is 0.481 e. The van der Waals surface area contributed by atoms with E-state index in [1.54, 1.807) is 0 Å². The van der Waals surface area contributed by atoms with Gasteiger partial charge in [0, 0.05) is 29.9 Å². The molecule has 114 valence electrons. The molecule has 0 aromatic carbocycles. The first-order chi connectivity index (χ1) is 9.10. The number of carboxylic acids is 1. The third-order valence-electron chi connectivity index (χ3n) is 3.19. The lowest BCUT2D eigenvalue weighted by molar-refractivity contribution is -0.137. The van der Waals surface area contributed by atoms with Crippen LogP contribution >= 0.6 is 11.5 Å². The Labute approximate surface area is 125 Å². The molecule has 5 nitrogen and oxygen atoms in total. The van der Waals surface area contributed by atoms with Gasteiger partial charge in [-0.25, -0.2) is 4.98 Å². The van der Waals surface area contributed by atoms with Crippen LogP contribution in [0, 0.1) is 5.41 Å². The molecule has 0 saturated heterocycles. The van der Waals surface area contributed by atoms with Crippen LogP contribution in [0.4, 0.5) is 5.13 Å². The van der Waals surface area contributed by atoms with Crippen LogP contribution in [0.1, 0.15) is 59.7 Å². The Morgan fingerprint density at radius 3 is 2.40 bits per heavy atom. The topological polar surface area (TPSA) is 75.1 Å². The van der Waals surface area contributed by atoms with Crippen LogP contribution in [0.3, 0.4) is 0 Å². The molecule has 20 heavy (non-hydrogen) atoms. The van der Waals surface area contributed by atoms with Crippen molar-refractivity contribution in [3.63, 3.8) is 0 Å². The number of hydrogen-bond donors (Lipinski definition) is 2. The molecule has 0 radical (unpaired) electrons. The standard InChI is InChI=1S/C14H25N3O2S/c1-13(2,3)11-16-12(20-17-11)15-9-8-14(4,5)7-6-10(18)19/h6-9H2,1-5H3,(H,18,19)(H,15,16,17). The number of nitrogens with one attached hydrogen (secondary N) is 1. The van der Waals surface area contributed by atoms with Crippen molar-refractivity contribution in [1.82, 2.24) is 9.36 Å². The van der Waals surface area contributed by atoms with Crippen LogP contribution in [0.2, 0.25) is 0 Å². The minimum atomic E-state index is -0.732. The van der Waals surface area contributed by atoms with Crippen molar-refractivity contribution in [2.75, 3.05) is 11.9 Å². The third-order valence-corrected chi connectivity index (χ3v) is 3.86. The van der Waals surface area contributed by atoms with Crippen LogP contribution in [0.25, 0.3) is 0 Å². The van der Waals surface area contributed by atoms with Gasteiger partial charge in [-0.15, -0.1) is 0 Å². The summed E-state index contributed by atoms with van der Waals surface area (Å²) in [5, 5.41) is 12.8. The molecule has 0 unspecified atom stereocenters. The van der Waals surface area contributed by atoms with E-state index < -0.39 is 5.97 Å². The summed E-state index contributed by atoms with van der Waals surface area (Å²) in [4.78, 5) is 15.1. The van der Waals surface area contributed by atoms with E-state index in [1.165, 1.54) is 11.5 Å². The van der Waals surface area contributed by atoms with E-state index in [9.17, 15) is 4.79 Å². The van der Waals surface area contributed by atoms with Crippen molar-refractivity contribution in [2.45, 2.75) is 59.3 Å². The Kier molecular flexibility index (Phi) is 5.50. The Morgan fingerprint density at radius 1 is 1.25 bits per heavy atom. The fraction of sp³-hybridized carbons (Fsp3) is 0.786. The van der Waals surface area contributed by atoms with Crippen molar-refractivity contribution in [1.29, 1.82) is 0 Å². The van der Waals surface area contributed by atoms with Crippen LogP contribution in [-0.4, -0.2) is 27.0 Å². The molecule has 1 aromatic heterocycles. The van der Waals surface area contributed by atoms with Crippen LogP contribution in [0.15, 0.2) is 0 Å². The van der Waals surface area contributed by atoms with Crippen molar-refractivity contribution in [3.8, 4) is 0 Å². The molecule has 0 saturated carbocycles. The van der Waals surface area contributed by atoms with Gasteiger partial charge in [0.25, 0.3) is 0 Å². The van der Waals surface area contributed by atoms with Gasteiger partial charge in [0.1, 0.15) is 5.82 Å². The summed E-state index contributed by atoms with van der Waals surface area (Å²) < 4.78 is 4.35. The molecule has 0 aliphatic carbocycles. The molecule has 0 fully saturated rings. The van der Waals surface area contributed by atoms with Crippen LogP contribution in [-0.2, 0) is 10.2 Å². The molecule has 0 aliphatic rings. The van der Waals surface area contributed by atoms with E-state index in [0.29, 0.717) is 6.42 Å². The fourth-order valence-electron chi connectivity index (χ4n) is 1.68. The maximum atomic E-state index is 10.6. The second-order valence-electron chi connectivity index (χ2n) is 6.91. The molecule has 1 heterocycles. The highest BCUT2D eigenvalue weighted by Crippen LogP contribution is 2.27. The predicted octanol–water partition coefficient (Wildman–Crippen LogP) is 3.53. The Hall–Kier alpha value is -1.17. The molecule has 0 aliphatic heterocycles. The molecule has 0 atom stereocenters. The number of nitrogens with zero attached hydrogens (tertiary/aromatic N) is 2. The van der Waals surface area contributed by atoms with Gasteiger partial charge in [-0.1, -0.05) is 34.6 Å². The smallest absolute Gasteiger partial charge is 0.303 e. The Balaban J connectivity index is 2.40. The normalized spacial score (nSPS) is 12.4. The lowest BCUT2D eigenvalue weighted by Gasteiger charge is -2.23. The Morgan fingerprint density at radius 2 is 1.90 bits per heavy atom. The number of hydrogen-bond acceptors (Lipinski definition) is 5. The highest BCUT2D eigenvalue weighted by Gasteiger charge is 2.21. The van der Waals surface area contributed by atoms with Gasteiger partial charge in [-0.2, -0.15) is 4.37 Å². The predicted molar refractivity (Wildman–Crippen MR) is 82.4 cm³/mol. The first-order valence-electron chi connectivity index (χ1n) is 6.90. The third kappa shape index (κ3) is 5.86. The molecule has 0 amide bonds.